The molecule has 0 atom stereocenters. The number of piperidine rings is 1. The molecular weight excluding hydrogens is 373 g/mol. The molecule has 3 heterocycles. The average molecular weight is 402 g/mol. The Morgan fingerprint density at radius 2 is 2.00 bits per heavy atom. The van der Waals surface area contributed by atoms with Crippen LogP contribution in [0.25, 0.3) is 11.0 Å². The number of aromatic nitrogens is 3. The van der Waals surface area contributed by atoms with Crippen molar-refractivity contribution in [2.45, 2.75) is 46.6 Å². The van der Waals surface area contributed by atoms with Crippen molar-refractivity contribution in [2.75, 3.05) is 19.6 Å². The van der Waals surface area contributed by atoms with E-state index in [9.17, 15) is 4.79 Å². The number of nitrogens with zero attached hydrogens (tertiary/aromatic N) is 3. The first-order chi connectivity index (χ1) is 11.4. The van der Waals surface area contributed by atoms with Crippen LogP contribution >= 0.6 is 24.8 Å². The first kappa shape index (κ1) is 22.7. The number of nitrogens with one attached hydrogen (secondary N) is 2. The Kier molecular flexibility index (Phi) is 7.86. The molecule has 2 aromatic heterocycles. The van der Waals surface area contributed by atoms with E-state index in [0.29, 0.717) is 12.1 Å². The highest BCUT2D eigenvalue weighted by Gasteiger charge is 2.27. The van der Waals surface area contributed by atoms with Crippen LogP contribution in [0.4, 0.5) is 0 Å². The first-order valence-electron chi connectivity index (χ1n) is 8.73. The molecule has 1 saturated heterocycles. The predicted octanol–water partition coefficient (Wildman–Crippen LogP) is 3.28. The number of hydrogen-bond donors (Lipinski definition) is 2. The number of aryl methyl sites for hydroxylation is 1. The normalized spacial score (nSPS) is 16.0. The van der Waals surface area contributed by atoms with Gasteiger partial charge in [0.25, 0.3) is 5.91 Å². The van der Waals surface area contributed by atoms with Gasteiger partial charge in [0.15, 0.2) is 5.65 Å². The third-order valence-electron chi connectivity index (χ3n) is 4.98. The summed E-state index contributed by atoms with van der Waals surface area (Å²) in [7, 11) is 0. The number of fused-ring (bicyclic) bond motifs is 1. The second-order valence-corrected chi connectivity index (χ2v) is 7.46. The van der Waals surface area contributed by atoms with Crippen LogP contribution in [0.1, 0.15) is 55.7 Å². The number of halogens is 2. The second kappa shape index (κ2) is 9.02. The van der Waals surface area contributed by atoms with Gasteiger partial charge in [-0.25, -0.2) is 9.67 Å². The van der Waals surface area contributed by atoms with Crippen molar-refractivity contribution in [3.05, 3.63) is 23.5 Å². The zero-order chi connectivity index (χ0) is 17.3. The summed E-state index contributed by atoms with van der Waals surface area (Å²) < 4.78 is 1.89. The summed E-state index contributed by atoms with van der Waals surface area (Å²) in [5.41, 5.74) is 2.40. The van der Waals surface area contributed by atoms with Crippen molar-refractivity contribution < 1.29 is 4.79 Å². The van der Waals surface area contributed by atoms with Crippen molar-refractivity contribution >= 4 is 41.8 Å². The summed E-state index contributed by atoms with van der Waals surface area (Å²) in [6, 6.07) is 2.15. The van der Waals surface area contributed by atoms with E-state index < -0.39 is 0 Å². The minimum atomic E-state index is -0.0426. The van der Waals surface area contributed by atoms with E-state index in [2.05, 4.69) is 41.5 Å². The molecule has 6 nitrogen and oxygen atoms in total. The lowest BCUT2D eigenvalue weighted by molar-refractivity contribution is 0.0921. The van der Waals surface area contributed by atoms with Crippen LogP contribution in [0.5, 0.6) is 0 Å². The van der Waals surface area contributed by atoms with Crippen LogP contribution in [0.3, 0.4) is 0 Å². The zero-order valence-electron chi connectivity index (χ0n) is 15.8. The lowest BCUT2D eigenvalue weighted by Gasteiger charge is -2.34. The number of hydrogen-bond acceptors (Lipinski definition) is 4. The van der Waals surface area contributed by atoms with Gasteiger partial charge in [-0.3, -0.25) is 4.79 Å². The fourth-order valence-corrected chi connectivity index (χ4v) is 3.27. The van der Waals surface area contributed by atoms with Crippen LogP contribution in [-0.2, 0) is 0 Å². The maximum atomic E-state index is 12.6. The Morgan fingerprint density at radius 1 is 1.35 bits per heavy atom. The van der Waals surface area contributed by atoms with Crippen LogP contribution in [0, 0.1) is 12.3 Å². The molecule has 0 aromatic carbocycles. The third kappa shape index (κ3) is 4.67. The van der Waals surface area contributed by atoms with E-state index in [1.54, 1.807) is 6.20 Å². The van der Waals surface area contributed by atoms with Crippen LogP contribution < -0.4 is 10.6 Å². The fourth-order valence-electron chi connectivity index (χ4n) is 3.27. The maximum absolute atomic E-state index is 12.6. The molecule has 0 saturated carbocycles. The fraction of sp³-hybridized carbons (Fsp3) is 0.611. The summed E-state index contributed by atoms with van der Waals surface area (Å²) in [6.07, 6.45) is 3.96. The van der Waals surface area contributed by atoms with Gasteiger partial charge in [-0.2, -0.15) is 5.10 Å². The van der Waals surface area contributed by atoms with Crippen molar-refractivity contribution in [1.82, 2.24) is 25.4 Å². The zero-order valence-corrected chi connectivity index (χ0v) is 17.5. The highest BCUT2D eigenvalue weighted by atomic mass is 35.5. The predicted molar refractivity (Wildman–Crippen MR) is 110 cm³/mol. The van der Waals surface area contributed by atoms with Gasteiger partial charge in [-0.05, 0) is 58.2 Å². The van der Waals surface area contributed by atoms with Crippen LogP contribution in [0.2, 0.25) is 0 Å². The molecule has 0 aliphatic carbocycles. The standard InChI is InChI=1S/C18H27N5O.2ClH/c1-12(2)23-16-14(10-21-23)9-15(13(3)22-16)17(24)20-11-18(4)5-7-19-8-6-18;;/h9-10,12,19H,5-8,11H2,1-4H3,(H,20,24);2*1H. The van der Waals surface area contributed by atoms with Crippen molar-refractivity contribution in [2.24, 2.45) is 5.41 Å². The molecule has 3 rings (SSSR count). The average Bonchev–Trinajstić information content (AvgIpc) is 2.95. The van der Waals surface area contributed by atoms with E-state index in [0.717, 1.165) is 42.7 Å². The van der Waals surface area contributed by atoms with Crippen molar-refractivity contribution in [1.29, 1.82) is 0 Å². The topological polar surface area (TPSA) is 71.8 Å². The molecule has 2 aromatic rings. The second-order valence-electron chi connectivity index (χ2n) is 7.46. The Labute approximate surface area is 167 Å². The monoisotopic (exact) mass is 401 g/mol. The molecule has 0 radical (unpaired) electrons. The third-order valence-corrected chi connectivity index (χ3v) is 4.98. The number of pyridine rings is 1. The van der Waals surface area contributed by atoms with E-state index in [1.807, 2.05) is 17.7 Å². The number of carbonyl (C=O) groups excluding carboxylic acids is 1. The number of rotatable bonds is 4. The molecule has 0 unspecified atom stereocenters. The molecule has 2 N–H and O–H groups in total. The highest BCUT2D eigenvalue weighted by molar-refractivity contribution is 5.98. The lowest BCUT2D eigenvalue weighted by Crippen LogP contribution is -2.43. The van der Waals surface area contributed by atoms with Gasteiger partial charge >= 0.3 is 0 Å². The Balaban J connectivity index is 0.00000169. The van der Waals surface area contributed by atoms with Crippen molar-refractivity contribution in [3.63, 3.8) is 0 Å². The summed E-state index contributed by atoms with van der Waals surface area (Å²) in [4.78, 5) is 17.3. The van der Waals surface area contributed by atoms with Gasteiger partial charge in [0, 0.05) is 18.0 Å². The molecule has 1 aliphatic rings. The van der Waals surface area contributed by atoms with Crippen molar-refractivity contribution in [3.8, 4) is 0 Å². The molecule has 1 fully saturated rings. The molecule has 0 spiro atoms. The smallest absolute Gasteiger partial charge is 0.253 e. The molecule has 1 amide bonds. The number of carbonyl (C=O) groups is 1. The van der Waals surface area contributed by atoms with E-state index >= 15 is 0 Å². The molecule has 8 heteroatoms. The largest absolute Gasteiger partial charge is 0.351 e. The van der Waals surface area contributed by atoms with E-state index in [1.165, 1.54) is 0 Å². The Bertz CT molecular complexity index is 753. The molecule has 26 heavy (non-hydrogen) atoms. The van der Waals surface area contributed by atoms with E-state index in [-0.39, 0.29) is 42.2 Å². The molecule has 0 bridgehead atoms. The SMILES string of the molecule is Cc1nc2c(cnn2C(C)C)cc1C(=O)NCC1(C)CCNCC1.Cl.Cl. The summed E-state index contributed by atoms with van der Waals surface area (Å²) in [5, 5.41) is 11.8. The van der Waals surface area contributed by atoms with Gasteiger partial charge in [0.1, 0.15) is 0 Å². The minimum absolute atomic E-state index is 0. The quantitative estimate of drug-likeness (QED) is 0.824. The molecular formula is C18H29Cl2N5O. The molecule has 1 aliphatic heterocycles. The Morgan fingerprint density at radius 3 is 2.62 bits per heavy atom. The Hall–Kier alpha value is -1.37. The van der Waals surface area contributed by atoms with Crippen LogP contribution in [-0.4, -0.2) is 40.3 Å². The van der Waals surface area contributed by atoms with Gasteiger partial charge in [0.2, 0.25) is 0 Å². The van der Waals surface area contributed by atoms with Gasteiger partial charge in [-0.15, -0.1) is 24.8 Å². The molecule has 146 valence electrons. The number of amides is 1. The van der Waals surface area contributed by atoms with Crippen LogP contribution in [0.15, 0.2) is 12.3 Å². The van der Waals surface area contributed by atoms with Gasteiger partial charge in [0.05, 0.1) is 17.5 Å². The summed E-state index contributed by atoms with van der Waals surface area (Å²) in [5.74, 6) is -0.0426. The highest BCUT2D eigenvalue weighted by Crippen LogP contribution is 2.27. The van der Waals surface area contributed by atoms with Gasteiger partial charge < -0.3 is 10.6 Å². The summed E-state index contributed by atoms with van der Waals surface area (Å²) in [6.45, 7) is 11.0. The van der Waals surface area contributed by atoms with E-state index in [4.69, 9.17) is 0 Å². The first-order valence-corrected chi connectivity index (χ1v) is 8.73. The van der Waals surface area contributed by atoms with Gasteiger partial charge in [-0.1, -0.05) is 6.92 Å². The lowest BCUT2D eigenvalue weighted by atomic mass is 9.81. The maximum Gasteiger partial charge on any atom is 0.253 e. The summed E-state index contributed by atoms with van der Waals surface area (Å²) >= 11 is 0. The minimum Gasteiger partial charge on any atom is -0.351 e.